The molecule has 0 aromatic carbocycles. The van der Waals surface area contributed by atoms with Gasteiger partial charge in [0, 0.05) is 12.5 Å². The zero-order chi connectivity index (χ0) is 11.4. The Hall–Kier alpha value is -1.16. The number of nitrogens with zero attached hydrogens (tertiary/aromatic N) is 2. The van der Waals surface area contributed by atoms with Crippen LogP contribution in [0, 0.1) is 0 Å². The van der Waals surface area contributed by atoms with Crippen molar-refractivity contribution >= 4 is 6.29 Å². The van der Waals surface area contributed by atoms with Crippen LogP contribution in [0.3, 0.4) is 0 Å². The predicted octanol–water partition coefficient (Wildman–Crippen LogP) is 1.90. The van der Waals surface area contributed by atoms with Gasteiger partial charge in [-0.2, -0.15) is 0 Å². The number of likely N-dealkylation sites (tertiary alicyclic amines) is 1. The summed E-state index contributed by atoms with van der Waals surface area (Å²) in [5, 5.41) is 3.68. The normalized spacial score (nSPS) is 22.2. The molecule has 1 aliphatic rings. The van der Waals surface area contributed by atoms with Crippen molar-refractivity contribution in [1.29, 1.82) is 0 Å². The maximum Gasteiger partial charge on any atom is 0.155 e. The minimum absolute atomic E-state index is 0.505. The Morgan fingerprint density at radius 2 is 2.50 bits per heavy atom. The number of piperidine rings is 1. The van der Waals surface area contributed by atoms with Crippen LogP contribution in [0.5, 0.6) is 0 Å². The van der Waals surface area contributed by atoms with Gasteiger partial charge in [-0.05, 0) is 25.9 Å². The van der Waals surface area contributed by atoms with Crippen LogP contribution in [0.15, 0.2) is 10.7 Å². The van der Waals surface area contributed by atoms with Crippen LogP contribution >= 0.6 is 0 Å². The van der Waals surface area contributed by atoms with Gasteiger partial charge in [0.1, 0.15) is 5.76 Å². The first kappa shape index (κ1) is 11.3. The van der Waals surface area contributed by atoms with Gasteiger partial charge in [0.05, 0.1) is 11.8 Å². The molecule has 0 spiro atoms. The van der Waals surface area contributed by atoms with E-state index in [1.165, 1.54) is 25.5 Å². The first-order valence-corrected chi connectivity index (χ1v) is 5.98. The third kappa shape index (κ3) is 2.32. The number of carbonyl (C=O) groups is 1. The molecule has 0 aliphatic carbocycles. The topological polar surface area (TPSA) is 46.3 Å². The van der Waals surface area contributed by atoms with E-state index < -0.39 is 0 Å². The van der Waals surface area contributed by atoms with Gasteiger partial charge in [-0.1, -0.05) is 18.5 Å². The van der Waals surface area contributed by atoms with E-state index in [9.17, 15) is 4.79 Å². The maximum absolute atomic E-state index is 10.8. The number of hydrogen-bond acceptors (Lipinski definition) is 4. The lowest BCUT2D eigenvalue weighted by molar-refractivity contribution is 0.111. The fourth-order valence-corrected chi connectivity index (χ4v) is 2.44. The smallest absolute Gasteiger partial charge is 0.155 e. The number of likely N-dealkylation sites (N-methyl/N-ethyl adjacent to an activating group) is 1. The number of rotatable bonds is 4. The van der Waals surface area contributed by atoms with E-state index in [1.54, 1.807) is 0 Å². The molecule has 0 amide bonds. The molecule has 1 unspecified atom stereocenters. The van der Waals surface area contributed by atoms with E-state index in [0.717, 1.165) is 31.6 Å². The summed E-state index contributed by atoms with van der Waals surface area (Å²) in [6.07, 6.45) is 6.87. The first-order chi connectivity index (χ1) is 7.85. The molecule has 0 radical (unpaired) electrons. The molecule has 0 bridgehead atoms. The van der Waals surface area contributed by atoms with Crippen molar-refractivity contribution in [3.8, 4) is 0 Å². The summed E-state index contributed by atoms with van der Waals surface area (Å²) in [5.41, 5.74) is 0.599. The Bertz CT molecular complexity index is 349. The minimum atomic E-state index is 0.505. The molecule has 0 N–H and O–H groups in total. The summed E-state index contributed by atoms with van der Waals surface area (Å²) in [4.78, 5) is 13.2. The highest BCUT2D eigenvalue weighted by Crippen LogP contribution is 2.21. The number of aromatic nitrogens is 1. The Kier molecular flexibility index (Phi) is 3.72. The molecular formula is C12H18N2O2. The van der Waals surface area contributed by atoms with Gasteiger partial charge in [0.15, 0.2) is 6.29 Å². The Balaban J connectivity index is 2.04. The standard InChI is InChI=1S/C12H18N2O2/c1-2-14-6-4-3-5-11(14)7-12-10(9-15)8-13-16-12/h8-9,11H,2-7H2,1H3. The maximum atomic E-state index is 10.8. The second kappa shape index (κ2) is 5.25. The van der Waals surface area contributed by atoms with Gasteiger partial charge in [0.2, 0.25) is 0 Å². The SMILES string of the molecule is CCN1CCCCC1Cc1oncc1C=O. The molecule has 0 saturated carbocycles. The van der Waals surface area contributed by atoms with Crippen molar-refractivity contribution in [2.75, 3.05) is 13.1 Å². The molecule has 1 fully saturated rings. The summed E-state index contributed by atoms with van der Waals surface area (Å²) in [7, 11) is 0. The Labute approximate surface area is 95.6 Å². The van der Waals surface area contributed by atoms with E-state index in [1.807, 2.05) is 0 Å². The van der Waals surface area contributed by atoms with E-state index in [0.29, 0.717) is 11.6 Å². The fraction of sp³-hybridized carbons (Fsp3) is 0.667. The molecule has 1 aromatic rings. The summed E-state index contributed by atoms with van der Waals surface area (Å²) in [5.74, 6) is 0.736. The van der Waals surface area contributed by atoms with Gasteiger partial charge in [0.25, 0.3) is 0 Å². The molecule has 2 rings (SSSR count). The lowest BCUT2D eigenvalue weighted by Gasteiger charge is -2.34. The van der Waals surface area contributed by atoms with E-state index >= 15 is 0 Å². The van der Waals surface area contributed by atoms with Gasteiger partial charge in [-0.3, -0.25) is 4.79 Å². The molecule has 1 atom stereocenters. The van der Waals surface area contributed by atoms with Crippen molar-refractivity contribution in [2.45, 2.75) is 38.6 Å². The lowest BCUT2D eigenvalue weighted by Crippen LogP contribution is -2.40. The van der Waals surface area contributed by atoms with Crippen LogP contribution in [0.2, 0.25) is 0 Å². The summed E-state index contributed by atoms with van der Waals surface area (Å²) >= 11 is 0. The average Bonchev–Trinajstić information content (AvgIpc) is 2.77. The van der Waals surface area contributed by atoms with Crippen molar-refractivity contribution in [3.63, 3.8) is 0 Å². The van der Waals surface area contributed by atoms with Crippen molar-refractivity contribution in [3.05, 3.63) is 17.5 Å². The summed E-state index contributed by atoms with van der Waals surface area (Å²) in [6.45, 7) is 4.40. The monoisotopic (exact) mass is 222 g/mol. The van der Waals surface area contributed by atoms with E-state index in [4.69, 9.17) is 4.52 Å². The van der Waals surface area contributed by atoms with Crippen molar-refractivity contribution in [2.24, 2.45) is 0 Å². The van der Waals surface area contributed by atoms with Gasteiger partial charge >= 0.3 is 0 Å². The van der Waals surface area contributed by atoms with Gasteiger partial charge in [-0.15, -0.1) is 0 Å². The number of hydrogen-bond donors (Lipinski definition) is 0. The third-order valence-electron chi connectivity index (χ3n) is 3.38. The Morgan fingerprint density at radius 3 is 3.25 bits per heavy atom. The first-order valence-electron chi connectivity index (χ1n) is 5.98. The molecular weight excluding hydrogens is 204 g/mol. The van der Waals surface area contributed by atoms with Crippen LogP contribution in [0.4, 0.5) is 0 Å². The quantitative estimate of drug-likeness (QED) is 0.730. The van der Waals surface area contributed by atoms with Crippen molar-refractivity contribution in [1.82, 2.24) is 10.1 Å². The second-order valence-electron chi connectivity index (χ2n) is 4.30. The van der Waals surface area contributed by atoms with Crippen LogP contribution in [-0.2, 0) is 6.42 Å². The fourth-order valence-electron chi connectivity index (χ4n) is 2.44. The second-order valence-corrected chi connectivity index (χ2v) is 4.30. The van der Waals surface area contributed by atoms with Crippen molar-refractivity contribution < 1.29 is 9.32 Å². The molecule has 16 heavy (non-hydrogen) atoms. The molecule has 1 aromatic heterocycles. The summed E-state index contributed by atoms with van der Waals surface area (Å²) < 4.78 is 5.14. The highest BCUT2D eigenvalue weighted by atomic mass is 16.5. The van der Waals surface area contributed by atoms with Crippen LogP contribution < -0.4 is 0 Å². The zero-order valence-electron chi connectivity index (χ0n) is 9.69. The Morgan fingerprint density at radius 1 is 1.62 bits per heavy atom. The van der Waals surface area contributed by atoms with Gasteiger partial charge < -0.3 is 9.42 Å². The minimum Gasteiger partial charge on any atom is -0.361 e. The molecule has 2 heterocycles. The molecule has 4 nitrogen and oxygen atoms in total. The highest BCUT2D eigenvalue weighted by molar-refractivity contribution is 5.75. The van der Waals surface area contributed by atoms with Gasteiger partial charge in [-0.25, -0.2) is 0 Å². The average molecular weight is 222 g/mol. The van der Waals surface area contributed by atoms with E-state index in [2.05, 4.69) is 17.0 Å². The van der Waals surface area contributed by atoms with E-state index in [-0.39, 0.29) is 0 Å². The molecule has 88 valence electrons. The number of carbonyl (C=O) groups excluding carboxylic acids is 1. The number of aldehydes is 1. The zero-order valence-corrected chi connectivity index (χ0v) is 9.69. The molecule has 1 aliphatic heterocycles. The van der Waals surface area contributed by atoms with Crippen LogP contribution in [0.1, 0.15) is 42.3 Å². The largest absolute Gasteiger partial charge is 0.361 e. The van der Waals surface area contributed by atoms with Crippen LogP contribution in [-0.4, -0.2) is 35.5 Å². The highest BCUT2D eigenvalue weighted by Gasteiger charge is 2.23. The molecule has 1 saturated heterocycles. The molecule has 4 heteroatoms. The van der Waals surface area contributed by atoms with Crippen LogP contribution in [0.25, 0.3) is 0 Å². The third-order valence-corrected chi connectivity index (χ3v) is 3.38. The predicted molar refractivity (Wildman–Crippen MR) is 60.5 cm³/mol. The lowest BCUT2D eigenvalue weighted by atomic mass is 9.97. The summed E-state index contributed by atoms with van der Waals surface area (Å²) in [6, 6.07) is 0.505.